The van der Waals surface area contributed by atoms with Crippen molar-refractivity contribution >= 4 is 5.91 Å². The van der Waals surface area contributed by atoms with E-state index < -0.39 is 0 Å². The zero-order valence-electron chi connectivity index (χ0n) is 17.0. The Bertz CT molecular complexity index is 871. The van der Waals surface area contributed by atoms with E-state index in [0.29, 0.717) is 35.4 Å². The van der Waals surface area contributed by atoms with E-state index in [1.54, 1.807) is 25.4 Å². The highest BCUT2D eigenvalue weighted by Crippen LogP contribution is 2.44. The van der Waals surface area contributed by atoms with Crippen molar-refractivity contribution in [2.75, 3.05) is 26.7 Å². The molecule has 0 saturated carbocycles. The molecule has 2 bridgehead atoms. The minimum absolute atomic E-state index is 0.0440. The summed E-state index contributed by atoms with van der Waals surface area (Å²) in [5.74, 6) is 1.83. The Morgan fingerprint density at radius 3 is 2.79 bits per heavy atom. The van der Waals surface area contributed by atoms with Gasteiger partial charge in [0.1, 0.15) is 11.4 Å². The van der Waals surface area contributed by atoms with Gasteiger partial charge < -0.3 is 9.64 Å². The maximum Gasteiger partial charge on any atom is 0.272 e. The van der Waals surface area contributed by atoms with E-state index in [2.05, 4.69) is 40.2 Å². The number of hydrogen-bond donors (Lipinski definition) is 0. The number of nitrogens with zero attached hydrogens (tertiary/aromatic N) is 3. The quantitative estimate of drug-likeness (QED) is 0.799. The van der Waals surface area contributed by atoms with E-state index >= 15 is 0 Å². The number of benzene rings is 1. The van der Waals surface area contributed by atoms with Crippen LogP contribution in [0.4, 0.5) is 0 Å². The van der Waals surface area contributed by atoms with Crippen LogP contribution < -0.4 is 4.74 Å². The van der Waals surface area contributed by atoms with Crippen LogP contribution in [-0.4, -0.2) is 53.5 Å². The molecule has 3 saturated heterocycles. The average molecular weight is 392 g/mol. The number of piperidine rings is 3. The molecule has 5 heteroatoms. The van der Waals surface area contributed by atoms with Gasteiger partial charge in [0.15, 0.2) is 0 Å². The van der Waals surface area contributed by atoms with Gasteiger partial charge in [-0.3, -0.25) is 14.7 Å². The third-order valence-corrected chi connectivity index (χ3v) is 7.04. The van der Waals surface area contributed by atoms with Gasteiger partial charge in [-0.25, -0.2) is 0 Å². The first-order valence-corrected chi connectivity index (χ1v) is 10.8. The van der Waals surface area contributed by atoms with Gasteiger partial charge in [-0.05, 0) is 49.1 Å². The first-order chi connectivity index (χ1) is 14.2. The van der Waals surface area contributed by atoms with Gasteiger partial charge in [-0.1, -0.05) is 30.3 Å². The summed E-state index contributed by atoms with van der Waals surface area (Å²) < 4.78 is 5.27. The Hall–Kier alpha value is -2.40. The number of hydrogen-bond acceptors (Lipinski definition) is 4. The van der Waals surface area contributed by atoms with E-state index in [1.165, 1.54) is 31.2 Å². The molecule has 152 valence electrons. The van der Waals surface area contributed by atoms with E-state index in [-0.39, 0.29) is 5.91 Å². The Morgan fingerprint density at radius 2 is 1.97 bits per heavy atom. The monoisotopic (exact) mass is 391 g/mol. The van der Waals surface area contributed by atoms with Gasteiger partial charge in [-0.2, -0.15) is 0 Å². The first kappa shape index (κ1) is 18.6. The smallest absolute Gasteiger partial charge is 0.272 e. The molecule has 5 nitrogen and oxygen atoms in total. The molecule has 0 radical (unpaired) electrons. The van der Waals surface area contributed by atoms with Crippen molar-refractivity contribution in [2.45, 2.75) is 37.8 Å². The van der Waals surface area contributed by atoms with Crippen LogP contribution in [-0.2, 0) is 0 Å². The van der Waals surface area contributed by atoms with Crippen molar-refractivity contribution < 1.29 is 9.53 Å². The molecule has 5 rings (SSSR count). The Morgan fingerprint density at radius 1 is 1.10 bits per heavy atom. The summed E-state index contributed by atoms with van der Waals surface area (Å²) in [4.78, 5) is 22.3. The van der Waals surface area contributed by atoms with Crippen LogP contribution in [0.3, 0.4) is 0 Å². The minimum atomic E-state index is 0.0440. The number of aromatic nitrogens is 1. The molecule has 1 aromatic heterocycles. The van der Waals surface area contributed by atoms with Gasteiger partial charge in [0.25, 0.3) is 5.91 Å². The van der Waals surface area contributed by atoms with Crippen LogP contribution in [0.2, 0.25) is 0 Å². The summed E-state index contributed by atoms with van der Waals surface area (Å²) in [5, 5.41) is 0. The molecule has 3 fully saturated rings. The molecule has 3 aliphatic rings. The zero-order valence-corrected chi connectivity index (χ0v) is 17.0. The summed E-state index contributed by atoms with van der Waals surface area (Å²) in [7, 11) is 1.62. The van der Waals surface area contributed by atoms with Gasteiger partial charge in [0.05, 0.1) is 7.11 Å². The van der Waals surface area contributed by atoms with Gasteiger partial charge in [0, 0.05) is 44.0 Å². The molecule has 3 aliphatic heterocycles. The fourth-order valence-electron chi connectivity index (χ4n) is 5.82. The highest BCUT2D eigenvalue weighted by molar-refractivity contribution is 5.92. The molecule has 0 spiro atoms. The first-order valence-electron chi connectivity index (χ1n) is 10.8. The molecule has 1 aromatic carbocycles. The normalized spacial score (nSPS) is 29.2. The lowest BCUT2D eigenvalue weighted by Crippen LogP contribution is -2.60. The number of amides is 1. The summed E-state index contributed by atoms with van der Waals surface area (Å²) in [6, 6.07) is 15.6. The van der Waals surface area contributed by atoms with Crippen LogP contribution in [0.1, 0.15) is 47.8 Å². The van der Waals surface area contributed by atoms with Crippen LogP contribution in [0.15, 0.2) is 48.7 Å². The van der Waals surface area contributed by atoms with E-state index in [4.69, 9.17) is 4.74 Å². The van der Waals surface area contributed by atoms with E-state index in [9.17, 15) is 4.79 Å². The molecule has 29 heavy (non-hydrogen) atoms. The number of fused-ring (bicyclic) bond motifs is 4. The highest BCUT2D eigenvalue weighted by atomic mass is 16.5. The highest BCUT2D eigenvalue weighted by Gasteiger charge is 2.45. The fraction of sp³-hybridized carbons (Fsp3) is 0.500. The predicted molar refractivity (Wildman–Crippen MR) is 112 cm³/mol. The molecule has 0 aliphatic carbocycles. The van der Waals surface area contributed by atoms with Crippen molar-refractivity contribution in [2.24, 2.45) is 11.8 Å². The number of carbonyl (C=O) groups is 1. The van der Waals surface area contributed by atoms with Crippen molar-refractivity contribution in [3.8, 4) is 5.75 Å². The van der Waals surface area contributed by atoms with E-state index in [1.807, 2.05) is 4.90 Å². The Kier molecular flexibility index (Phi) is 5.00. The third kappa shape index (κ3) is 3.52. The summed E-state index contributed by atoms with van der Waals surface area (Å²) in [6.45, 7) is 2.77. The summed E-state index contributed by atoms with van der Waals surface area (Å²) >= 11 is 0. The molecule has 4 heterocycles. The van der Waals surface area contributed by atoms with Crippen molar-refractivity contribution in [3.05, 3.63) is 59.9 Å². The van der Waals surface area contributed by atoms with Gasteiger partial charge >= 0.3 is 0 Å². The maximum absolute atomic E-state index is 13.1. The van der Waals surface area contributed by atoms with Crippen LogP contribution in [0, 0.1) is 11.8 Å². The van der Waals surface area contributed by atoms with Gasteiger partial charge in [0.2, 0.25) is 0 Å². The largest absolute Gasteiger partial charge is 0.497 e. The lowest BCUT2D eigenvalue weighted by Gasteiger charge is -2.55. The SMILES string of the molecule is COc1ccnc(C(=O)N2C[C@@H]3C[C@H](C2)[C@@H]2CCC[C@H](c4ccccc4)N2C3)c1. The summed E-state index contributed by atoms with van der Waals surface area (Å²) in [5.41, 5.74) is 1.94. The minimum Gasteiger partial charge on any atom is -0.497 e. The van der Waals surface area contributed by atoms with Crippen molar-refractivity contribution in [1.82, 2.24) is 14.8 Å². The van der Waals surface area contributed by atoms with Crippen LogP contribution in [0.5, 0.6) is 5.75 Å². The van der Waals surface area contributed by atoms with Gasteiger partial charge in [-0.15, -0.1) is 0 Å². The topological polar surface area (TPSA) is 45.7 Å². The molecule has 0 unspecified atom stereocenters. The lowest BCUT2D eigenvalue weighted by atomic mass is 9.74. The molecule has 2 aromatic rings. The standard InChI is InChI=1S/C24H29N3O2/c1-29-20-10-11-25-21(13-20)24(28)26-14-17-12-19(16-26)23-9-5-8-22(27(23)15-17)18-6-3-2-4-7-18/h2-4,6-7,10-11,13,17,19,22-23H,5,8-9,12,14-16H2,1H3/t17-,19+,22+,23-/m0/s1. The number of ether oxygens (including phenoxy) is 1. The number of carbonyl (C=O) groups excluding carboxylic acids is 1. The fourth-order valence-corrected chi connectivity index (χ4v) is 5.82. The molecular formula is C24H29N3O2. The Balaban J connectivity index is 1.35. The molecule has 4 atom stereocenters. The second-order valence-corrected chi connectivity index (χ2v) is 8.77. The Labute approximate surface area is 172 Å². The lowest BCUT2D eigenvalue weighted by molar-refractivity contribution is -0.0512. The van der Waals surface area contributed by atoms with Crippen molar-refractivity contribution in [1.29, 1.82) is 0 Å². The molecular weight excluding hydrogens is 362 g/mol. The number of methoxy groups -OCH3 is 1. The van der Waals surface area contributed by atoms with Crippen molar-refractivity contribution in [3.63, 3.8) is 0 Å². The average Bonchev–Trinajstić information content (AvgIpc) is 2.78. The molecule has 1 amide bonds. The zero-order chi connectivity index (χ0) is 19.8. The number of rotatable bonds is 3. The second kappa shape index (κ2) is 7.79. The van der Waals surface area contributed by atoms with E-state index in [0.717, 1.165) is 19.6 Å². The molecule has 0 N–H and O–H groups in total. The van der Waals surface area contributed by atoms with Crippen LogP contribution in [0.25, 0.3) is 0 Å². The third-order valence-electron chi connectivity index (χ3n) is 7.04. The van der Waals surface area contributed by atoms with Crippen LogP contribution >= 0.6 is 0 Å². The second-order valence-electron chi connectivity index (χ2n) is 8.77. The predicted octanol–water partition coefficient (Wildman–Crippen LogP) is 3.78. The maximum atomic E-state index is 13.1. The summed E-state index contributed by atoms with van der Waals surface area (Å²) in [6.07, 6.45) is 6.67. The number of pyridine rings is 1. The number of likely N-dealkylation sites (tertiary alicyclic amines) is 1.